The summed E-state index contributed by atoms with van der Waals surface area (Å²) in [5.41, 5.74) is 0. The fourth-order valence-corrected chi connectivity index (χ4v) is 2.32. The highest BCUT2D eigenvalue weighted by atomic mass is 127. The number of hydrogen-bond donors (Lipinski definition) is 2. The largest absolute Gasteiger partial charge is 0.405 e. The second-order valence-corrected chi connectivity index (χ2v) is 5.89. The first-order valence-electron chi connectivity index (χ1n) is 6.04. The smallest absolute Gasteiger partial charge is 0.379 e. The molecule has 0 rings (SSSR count). The van der Waals surface area contributed by atoms with Gasteiger partial charge in [0.1, 0.15) is 0 Å². The molecule has 0 aliphatic rings. The van der Waals surface area contributed by atoms with Gasteiger partial charge in [0.05, 0.1) is 19.3 Å². The van der Waals surface area contributed by atoms with E-state index in [0.717, 1.165) is 6.54 Å². The molecule has 0 heterocycles. The Hall–Kier alpha value is 0.760. The molecule has 0 fully saturated rings. The first kappa shape index (κ1) is 21.1. The van der Waals surface area contributed by atoms with E-state index in [1.165, 1.54) is 7.11 Å². The van der Waals surface area contributed by atoms with Crippen LogP contribution in [0.15, 0.2) is 0 Å². The van der Waals surface area contributed by atoms with Gasteiger partial charge in [-0.3, -0.25) is 8.05 Å². The van der Waals surface area contributed by atoms with Crippen molar-refractivity contribution in [1.29, 1.82) is 0 Å². The van der Waals surface area contributed by atoms with Crippen molar-refractivity contribution in [2.45, 2.75) is 33.8 Å². The summed E-state index contributed by atoms with van der Waals surface area (Å²) in [6.45, 7) is 9.90. The maximum atomic E-state index is 11.9. The summed E-state index contributed by atoms with van der Waals surface area (Å²) in [5.74, 6) is 0. The average Bonchev–Trinajstić information content (AvgIpc) is 2.35. The predicted molar refractivity (Wildman–Crippen MR) is 83.0 cm³/mol. The molecule has 0 saturated heterocycles. The van der Waals surface area contributed by atoms with Crippen LogP contribution in [0.5, 0.6) is 0 Å². The molecule has 0 spiro atoms. The van der Waals surface area contributed by atoms with Crippen molar-refractivity contribution < 1.29 is 18.3 Å². The van der Waals surface area contributed by atoms with Gasteiger partial charge in [-0.15, -0.1) is 0 Å². The summed E-state index contributed by atoms with van der Waals surface area (Å²) < 4.78 is 30.0. The van der Waals surface area contributed by atoms with Crippen LogP contribution in [0.4, 0.5) is 0 Å². The van der Waals surface area contributed by atoms with Gasteiger partial charge >= 0.3 is 7.75 Å². The van der Waals surface area contributed by atoms with Crippen LogP contribution in [0.1, 0.15) is 27.7 Å². The van der Waals surface area contributed by atoms with Gasteiger partial charge in [0, 0.05) is 43.1 Å². The van der Waals surface area contributed by atoms with Crippen LogP contribution in [0.3, 0.4) is 0 Å². The Morgan fingerprint density at radius 2 is 1.78 bits per heavy atom. The molecular weight excluding hydrogens is 370 g/mol. The maximum absolute atomic E-state index is 11.9. The average molecular weight is 396 g/mol. The lowest BCUT2D eigenvalue weighted by atomic mass is 10.5. The molecule has 1 atom stereocenters. The SMILES string of the molecule is CC.COP(=O)(NCCOCCNI)OC(C)C. The van der Waals surface area contributed by atoms with Crippen molar-refractivity contribution >= 4 is 30.6 Å². The molecule has 0 radical (unpaired) electrons. The Bertz CT molecular complexity index is 220. The van der Waals surface area contributed by atoms with Crippen molar-refractivity contribution in [2.75, 3.05) is 33.4 Å². The molecule has 0 aromatic heterocycles. The minimum absolute atomic E-state index is 0.151. The molecule has 112 valence electrons. The van der Waals surface area contributed by atoms with Crippen LogP contribution in [-0.2, 0) is 18.3 Å². The standard InChI is InChI=1S/C8H20IN2O4P.C2H6/c1-8(2)15-16(12,13-3)11-5-7-14-6-4-10-9;1-2/h8,10H,4-7H2,1-3H3,(H,11,12);1-2H3. The van der Waals surface area contributed by atoms with Crippen molar-refractivity contribution in [3.63, 3.8) is 0 Å². The van der Waals surface area contributed by atoms with E-state index in [4.69, 9.17) is 13.8 Å². The van der Waals surface area contributed by atoms with Crippen molar-refractivity contribution in [1.82, 2.24) is 8.62 Å². The Balaban J connectivity index is 0. The number of rotatable bonds is 10. The molecule has 6 nitrogen and oxygen atoms in total. The maximum Gasteiger partial charge on any atom is 0.405 e. The molecule has 0 bridgehead atoms. The second-order valence-electron chi connectivity index (χ2n) is 3.24. The van der Waals surface area contributed by atoms with Crippen LogP contribution in [0.2, 0.25) is 0 Å². The third-order valence-electron chi connectivity index (χ3n) is 1.48. The lowest BCUT2D eigenvalue weighted by molar-refractivity contribution is 0.138. The van der Waals surface area contributed by atoms with Gasteiger partial charge < -0.3 is 9.26 Å². The van der Waals surface area contributed by atoms with Gasteiger partial charge in [-0.25, -0.2) is 9.65 Å². The van der Waals surface area contributed by atoms with Crippen molar-refractivity contribution in [2.24, 2.45) is 0 Å². The topological polar surface area (TPSA) is 68.8 Å². The van der Waals surface area contributed by atoms with Crippen LogP contribution < -0.4 is 8.62 Å². The van der Waals surface area contributed by atoms with Gasteiger partial charge in [0.15, 0.2) is 0 Å². The molecule has 2 N–H and O–H groups in total. The summed E-state index contributed by atoms with van der Waals surface area (Å²) in [6, 6.07) is 0. The van der Waals surface area contributed by atoms with Gasteiger partial charge in [-0.1, -0.05) is 13.8 Å². The first-order valence-corrected chi connectivity index (χ1v) is 8.66. The molecule has 0 saturated carbocycles. The molecule has 0 aromatic carbocycles. The summed E-state index contributed by atoms with van der Waals surface area (Å²) in [7, 11) is -1.80. The van der Waals surface area contributed by atoms with Crippen molar-refractivity contribution in [3.05, 3.63) is 0 Å². The number of halogens is 1. The summed E-state index contributed by atoms with van der Waals surface area (Å²) in [5, 5.41) is 2.72. The van der Waals surface area contributed by atoms with E-state index in [1.807, 2.05) is 13.8 Å². The van der Waals surface area contributed by atoms with Crippen LogP contribution >= 0.6 is 30.6 Å². The van der Waals surface area contributed by atoms with E-state index in [2.05, 4.69) is 31.5 Å². The lowest BCUT2D eigenvalue weighted by Crippen LogP contribution is -2.22. The van der Waals surface area contributed by atoms with Crippen LogP contribution in [-0.4, -0.2) is 39.5 Å². The Morgan fingerprint density at radius 3 is 2.22 bits per heavy atom. The van der Waals surface area contributed by atoms with E-state index in [9.17, 15) is 4.57 Å². The fourth-order valence-electron chi connectivity index (χ4n) is 0.890. The number of ether oxygens (including phenoxy) is 1. The zero-order chi connectivity index (χ0) is 14.4. The lowest BCUT2D eigenvalue weighted by Gasteiger charge is -2.19. The van der Waals surface area contributed by atoms with Gasteiger partial charge in [-0.2, -0.15) is 0 Å². The minimum atomic E-state index is -3.16. The number of hydrogen-bond acceptors (Lipinski definition) is 5. The highest BCUT2D eigenvalue weighted by molar-refractivity contribution is 14.1. The third-order valence-corrected chi connectivity index (χ3v) is 3.81. The van der Waals surface area contributed by atoms with E-state index in [-0.39, 0.29) is 6.10 Å². The van der Waals surface area contributed by atoms with E-state index in [0.29, 0.717) is 19.8 Å². The van der Waals surface area contributed by atoms with Gasteiger partial charge in [0.2, 0.25) is 0 Å². The number of nitrogens with one attached hydrogen (secondary N) is 2. The second kappa shape index (κ2) is 14.2. The van der Waals surface area contributed by atoms with Gasteiger partial charge in [0.25, 0.3) is 0 Å². The summed E-state index contributed by atoms with van der Waals surface area (Å²) >= 11 is 2.05. The zero-order valence-electron chi connectivity index (χ0n) is 11.9. The molecule has 0 aliphatic carbocycles. The highest BCUT2D eigenvalue weighted by Gasteiger charge is 2.23. The molecule has 0 aromatic rings. The Kier molecular flexibility index (Phi) is 16.6. The Morgan fingerprint density at radius 1 is 1.22 bits per heavy atom. The molecular formula is C10H26IN2O4P. The quantitative estimate of drug-likeness (QED) is 0.256. The molecule has 0 amide bonds. The fraction of sp³-hybridized carbons (Fsp3) is 1.00. The predicted octanol–water partition coefficient (Wildman–Crippen LogP) is 2.74. The summed E-state index contributed by atoms with van der Waals surface area (Å²) in [6.07, 6.45) is -0.151. The molecule has 18 heavy (non-hydrogen) atoms. The van der Waals surface area contributed by atoms with Crippen molar-refractivity contribution in [3.8, 4) is 0 Å². The van der Waals surface area contributed by atoms with Gasteiger partial charge in [-0.05, 0) is 13.8 Å². The molecule has 0 aliphatic heterocycles. The zero-order valence-corrected chi connectivity index (χ0v) is 14.9. The third kappa shape index (κ3) is 13.2. The highest BCUT2D eigenvalue weighted by Crippen LogP contribution is 2.43. The van der Waals surface area contributed by atoms with Crippen LogP contribution in [0.25, 0.3) is 0 Å². The van der Waals surface area contributed by atoms with E-state index in [1.54, 1.807) is 13.8 Å². The molecule has 1 unspecified atom stereocenters. The summed E-state index contributed by atoms with van der Waals surface area (Å²) in [4.78, 5) is 0. The molecule has 8 heteroatoms. The van der Waals surface area contributed by atoms with E-state index >= 15 is 0 Å². The monoisotopic (exact) mass is 396 g/mol. The Labute approximate surface area is 125 Å². The first-order chi connectivity index (χ1) is 8.54. The van der Waals surface area contributed by atoms with E-state index < -0.39 is 7.75 Å². The minimum Gasteiger partial charge on any atom is -0.379 e. The van der Waals surface area contributed by atoms with Crippen LogP contribution in [0, 0.1) is 0 Å². The normalized spacial score (nSPS) is 13.9.